The SMILES string of the molecule is O=C(CSc1nnc(-c2ccc(Cl)cc2)o1)N1CCC[C@@H]1c1ccc2c(c1)OCCO2. The third-order valence-electron chi connectivity index (χ3n) is 5.34. The van der Waals surface area contributed by atoms with Gasteiger partial charge in [-0.3, -0.25) is 4.79 Å². The molecule has 1 atom stereocenters. The number of thioether (sulfide) groups is 1. The molecule has 0 radical (unpaired) electrons. The van der Waals surface area contributed by atoms with E-state index in [0.29, 0.717) is 29.3 Å². The van der Waals surface area contributed by atoms with Gasteiger partial charge in [-0.2, -0.15) is 0 Å². The van der Waals surface area contributed by atoms with Crippen molar-refractivity contribution < 1.29 is 18.7 Å². The molecule has 5 rings (SSSR count). The minimum atomic E-state index is 0.0382. The van der Waals surface area contributed by atoms with Gasteiger partial charge in [0.05, 0.1) is 11.8 Å². The summed E-state index contributed by atoms with van der Waals surface area (Å²) < 4.78 is 17.0. The number of aromatic nitrogens is 2. The fourth-order valence-electron chi connectivity index (χ4n) is 3.86. The Labute approximate surface area is 188 Å². The van der Waals surface area contributed by atoms with Crippen molar-refractivity contribution in [3.8, 4) is 23.0 Å². The highest BCUT2D eigenvalue weighted by atomic mass is 35.5. The van der Waals surface area contributed by atoms with Gasteiger partial charge in [0.15, 0.2) is 11.5 Å². The van der Waals surface area contributed by atoms with E-state index in [-0.39, 0.29) is 17.7 Å². The van der Waals surface area contributed by atoms with Gasteiger partial charge >= 0.3 is 0 Å². The Hall–Kier alpha value is -2.71. The predicted octanol–water partition coefficient (Wildman–Crippen LogP) is 4.62. The second-order valence-corrected chi connectivity index (χ2v) is 8.68. The molecule has 0 aliphatic carbocycles. The van der Waals surface area contributed by atoms with Gasteiger partial charge in [-0.15, -0.1) is 10.2 Å². The first-order valence-electron chi connectivity index (χ1n) is 10.1. The number of carbonyl (C=O) groups is 1. The number of carbonyl (C=O) groups excluding carboxylic acids is 1. The summed E-state index contributed by atoms with van der Waals surface area (Å²) >= 11 is 7.17. The van der Waals surface area contributed by atoms with E-state index in [2.05, 4.69) is 10.2 Å². The summed E-state index contributed by atoms with van der Waals surface area (Å²) in [7, 11) is 0. The molecule has 1 amide bonds. The molecular weight excluding hydrogens is 438 g/mol. The van der Waals surface area contributed by atoms with Crippen LogP contribution >= 0.6 is 23.4 Å². The lowest BCUT2D eigenvalue weighted by atomic mass is 10.0. The van der Waals surface area contributed by atoms with Crippen LogP contribution in [0.1, 0.15) is 24.4 Å². The summed E-state index contributed by atoms with van der Waals surface area (Å²) in [5.74, 6) is 2.20. The minimum Gasteiger partial charge on any atom is -0.486 e. The van der Waals surface area contributed by atoms with Crippen LogP contribution in [0.5, 0.6) is 11.5 Å². The van der Waals surface area contributed by atoms with Crippen LogP contribution in [0.25, 0.3) is 11.5 Å². The van der Waals surface area contributed by atoms with Gasteiger partial charge in [0, 0.05) is 17.1 Å². The number of hydrogen-bond acceptors (Lipinski definition) is 7. The average Bonchev–Trinajstić information content (AvgIpc) is 3.48. The number of fused-ring (bicyclic) bond motifs is 1. The van der Waals surface area contributed by atoms with Crippen LogP contribution in [0.3, 0.4) is 0 Å². The van der Waals surface area contributed by atoms with Crippen LogP contribution in [0.4, 0.5) is 0 Å². The van der Waals surface area contributed by atoms with Crippen LogP contribution < -0.4 is 9.47 Å². The highest BCUT2D eigenvalue weighted by Gasteiger charge is 2.31. The van der Waals surface area contributed by atoms with Crippen molar-refractivity contribution in [1.82, 2.24) is 15.1 Å². The lowest BCUT2D eigenvalue weighted by Crippen LogP contribution is -2.32. The van der Waals surface area contributed by atoms with E-state index in [1.54, 1.807) is 12.1 Å². The Morgan fingerprint density at radius 3 is 2.74 bits per heavy atom. The predicted molar refractivity (Wildman–Crippen MR) is 117 cm³/mol. The summed E-state index contributed by atoms with van der Waals surface area (Å²) in [5, 5.41) is 9.12. The van der Waals surface area contributed by atoms with Gasteiger partial charge < -0.3 is 18.8 Å². The molecule has 2 aromatic carbocycles. The summed E-state index contributed by atoms with van der Waals surface area (Å²) in [6, 6.07) is 13.1. The maximum absolute atomic E-state index is 13.0. The lowest BCUT2D eigenvalue weighted by Gasteiger charge is -2.26. The maximum atomic E-state index is 13.0. The first-order valence-corrected chi connectivity index (χ1v) is 11.4. The van der Waals surface area contributed by atoms with Gasteiger partial charge in [0.2, 0.25) is 11.8 Å². The molecule has 160 valence electrons. The Morgan fingerprint density at radius 1 is 1.10 bits per heavy atom. The zero-order valence-corrected chi connectivity index (χ0v) is 18.2. The van der Waals surface area contributed by atoms with Crippen LogP contribution in [-0.4, -0.2) is 46.5 Å². The second kappa shape index (κ2) is 8.80. The number of benzene rings is 2. The fourth-order valence-corrected chi connectivity index (χ4v) is 4.64. The molecule has 31 heavy (non-hydrogen) atoms. The standard InChI is InChI=1S/C22H20ClN3O4S/c23-16-6-3-14(4-7-16)21-24-25-22(30-21)31-13-20(27)26-9-1-2-17(26)15-5-8-18-19(12-15)29-11-10-28-18/h3-8,12,17H,1-2,9-11,13H2/t17-/m1/s1. The quantitative estimate of drug-likeness (QED) is 0.517. The zero-order valence-electron chi connectivity index (χ0n) is 16.6. The molecule has 9 heteroatoms. The van der Waals surface area contributed by atoms with E-state index < -0.39 is 0 Å². The third kappa shape index (κ3) is 4.36. The fraction of sp³-hybridized carbons (Fsp3) is 0.318. The Balaban J connectivity index is 1.23. The van der Waals surface area contributed by atoms with Crippen LogP contribution in [-0.2, 0) is 4.79 Å². The number of hydrogen-bond donors (Lipinski definition) is 0. The molecule has 1 aromatic heterocycles. The van der Waals surface area contributed by atoms with Crippen molar-refractivity contribution in [3.63, 3.8) is 0 Å². The highest BCUT2D eigenvalue weighted by Crippen LogP contribution is 2.38. The van der Waals surface area contributed by atoms with Gasteiger partial charge in [0.1, 0.15) is 13.2 Å². The van der Waals surface area contributed by atoms with E-state index in [9.17, 15) is 4.79 Å². The Morgan fingerprint density at radius 2 is 1.90 bits per heavy atom. The van der Waals surface area contributed by atoms with Crippen LogP contribution in [0, 0.1) is 0 Å². The summed E-state index contributed by atoms with van der Waals surface area (Å²) in [6.45, 7) is 1.84. The van der Waals surface area contributed by atoms with Gasteiger partial charge in [-0.1, -0.05) is 29.4 Å². The van der Waals surface area contributed by atoms with E-state index in [0.717, 1.165) is 42.0 Å². The largest absolute Gasteiger partial charge is 0.486 e. The van der Waals surface area contributed by atoms with Gasteiger partial charge in [0.25, 0.3) is 5.22 Å². The minimum absolute atomic E-state index is 0.0382. The zero-order chi connectivity index (χ0) is 21.2. The number of rotatable bonds is 5. The van der Waals surface area contributed by atoms with Crippen LogP contribution in [0.2, 0.25) is 5.02 Å². The topological polar surface area (TPSA) is 77.7 Å². The third-order valence-corrected chi connectivity index (χ3v) is 6.40. The molecule has 0 bridgehead atoms. The van der Waals surface area contributed by atoms with E-state index in [1.165, 1.54) is 11.8 Å². The first kappa shape index (κ1) is 20.2. The number of amides is 1. The lowest BCUT2D eigenvalue weighted by molar-refractivity contribution is -0.129. The number of nitrogens with zero attached hydrogens (tertiary/aromatic N) is 3. The molecule has 0 N–H and O–H groups in total. The summed E-state index contributed by atoms with van der Waals surface area (Å²) in [5.41, 5.74) is 1.86. The van der Waals surface area contributed by atoms with E-state index in [1.807, 2.05) is 35.2 Å². The first-order chi connectivity index (χ1) is 15.2. The summed E-state index contributed by atoms with van der Waals surface area (Å²) in [4.78, 5) is 14.9. The van der Waals surface area contributed by atoms with Crippen molar-refractivity contribution in [2.45, 2.75) is 24.1 Å². The van der Waals surface area contributed by atoms with Crippen molar-refractivity contribution in [2.75, 3.05) is 25.5 Å². The van der Waals surface area contributed by atoms with Crippen molar-refractivity contribution in [3.05, 3.63) is 53.1 Å². The molecule has 7 nitrogen and oxygen atoms in total. The van der Waals surface area contributed by atoms with Gasteiger partial charge in [-0.25, -0.2) is 0 Å². The molecule has 3 heterocycles. The molecule has 1 saturated heterocycles. The average molecular weight is 458 g/mol. The molecule has 0 unspecified atom stereocenters. The maximum Gasteiger partial charge on any atom is 0.277 e. The monoisotopic (exact) mass is 457 g/mol. The smallest absolute Gasteiger partial charge is 0.277 e. The Bertz CT molecular complexity index is 1090. The number of likely N-dealkylation sites (tertiary alicyclic amines) is 1. The number of halogens is 1. The molecular formula is C22H20ClN3O4S. The Kier molecular flexibility index (Phi) is 5.74. The highest BCUT2D eigenvalue weighted by molar-refractivity contribution is 7.99. The van der Waals surface area contributed by atoms with Crippen molar-refractivity contribution in [1.29, 1.82) is 0 Å². The molecule has 0 spiro atoms. The van der Waals surface area contributed by atoms with E-state index in [4.69, 9.17) is 25.5 Å². The van der Waals surface area contributed by atoms with E-state index >= 15 is 0 Å². The molecule has 1 fully saturated rings. The molecule has 0 saturated carbocycles. The molecule has 2 aliphatic heterocycles. The second-order valence-electron chi connectivity index (χ2n) is 7.32. The number of ether oxygens (including phenoxy) is 2. The van der Waals surface area contributed by atoms with Crippen molar-refractivity contribution >= 4 is 29.3 Å². The van der Waals surface area contributed by atoms with Crippen molar-refractivity contribution in [2.24, 2.45) is 0 Å². The molecule has 2 aliphatic rings. The van der Waals surface area contributed by atoms with Crippen LogP contribution in [0.15, 0.2) is 52.1 Å². The normalized spacial score (nSPS) is 17.7. The summed E-state index contributed by atoms with van der Waals surface area (Å²) in [6.07, 6.45) is 1.90. The van der Waals surface area contributed by atoms with Gasteiger partial charge in [-0.05, 0) is 54.8 Å². The molecule has 3 aromatic rings.